The van der Waals surface area contributed by atoms with E-state index < -0.39 is 21.7 Å². The van der Waals surface area contributed by atoms with Crippen molar-refractivity contribution in [1.29, 1.82) is 0 Å². The smallest absolute Gasteiger partial charge is 0.255 e. The Morgan fingerprint density at radius 3 is 2.29 bits per heavy atom. The van der Waals surface area contributed by atoms with Crippen molar-refractivity contribution in [3.05, 3.63) is 121 Å². The number of aromatic amines is 1. The van der Waals surface area contributed by atoms with Gasteiger partial charge in [-0.15, -0.1) is 0 Å². The zero-order valence-electron chi connectivity index (χ0n) is 27.2. The zero-order valence-corrected chi connectivity index (χ0v) is 28.0. The summed E-state index contributed by atoms with van der Waals surface area (Å²) < 4.78 is 52.7. The van der Waals surface area contributed by atoms with Crippen molar-refractivity contribution in [3.63, 3.8) is 0 Å². The number of H-pyrrole nitrogens is 1. The topological polar surface area (TPSA) is 105 Å². The predicted molar refractivity (Wildman–Crippen MR) is 193 cm³/mol. The second-order valence-electron chi connectivity index (χ2n) is 11.7. The summed E-state index contributed by atoms with van der Waals surface area (Å²) in [6.07, 6.45) is 1.13. The minimum atomic E-state index is -3.71. The van der Waals surface area contributed by atoms with Crippen molar-refractivity contribution in [2.24, 2.45) is 0 Å². The molecule has 1 amide bonds. The number of amides is 1. The Balaban J connectivity index is 1.48. The molecule has 49 heavy (non-hydrogen) atoms. The van der Waals surface area contributed by atoms with Gasteiger partial charge in [0.1, 0.15) is 22.9 Å². The van der Waals surface area contributed by atoms with E-state index in [0.29, 0.717) is 33.3 Å². The van der Waals surface area contributed by atoms with Gasteiger partial charge in [0.15, 0.2) is 0 Å². The van der Waals surface area contributed by atoms with Gasteiger partial charge in [-0.05, 0) is 71.3 Å². The van der Waals surface area contributed by atoms with Crippen LogP contribution in [0, 0.1) is 5.82 Å². The molecule has 0 aliphatic heterocycles. The average molecular weight is 674 g/mol. The maximum absolute atomic E-state index is 13.8. The predicted octanol–water partition coefficient (Wildman–Crippen LogP) is 8.49. The first-order valence-electron chi connectivity index (χ1n) is 15.5. The Morgan fingerprint density at radius 1 is 0.837 bits per heavy atom. The third-order valence-electron chi connectivity index (χ3n) is 8.73. The Kier molecular flexibility index (Phi) is 7.96. The van der Waals surface area contributed by atoms with Crippen molar-refractivity contribution in [1.82, 2.24) is 10.3 Å². The van der Waals surface area contributed by atoms with E-state index in [0.717, 1.165) is 45.3 Å². The van der Waals surface area contributed by atoms with Crippen LogP contribution in [-0.4, -0.2) is 46.8 Å². The van der Waals surface area contributed by atoms with Gasteiger partial charge in [-0.2, -0.15) is 0 Å². The number of carbonyl (C=O) groups excluding carboxylic acids is 1. The normalized spacial score (nSPS) is 11.6. The first kappa shape index (κ1) is 31.7. The maximum atomic E-state index is 13.8. The number of ether oxygens (including phenoxy) is 1. The lowest BCUT2D eigenvalue weighted by atomic mass is 9.94. The number of nitrogens with one attached hydrogen (secondary N) is 2. The molecule has 0 saturated carbocycles. The van der Waals surface area contributed by atoms with Crippen molar-refractivity contribution in [2.75, 3.05) is 31.8 Å². The number of methoxy groups -OCH3 is 1. The number of anilines is 1. The van der Waals surface area contributed by atoms with E-state index in [9.17, 15) is 17.6 Å². The first-order chi connectivity index (χ1) is 23.6. The molecule has 246 valence electrons. The fourth-order valence-electron chi connectivity index (χ4n) is 6.24. The van der Waals surface area contributed by atoms with Crippen LogP contribution in [0.5, 0.6) is 5.75 Å². The van der Waals surface area contributed by atoms with E-state index in [4.69, 9.17) is 9.15 Å². The fourth-order valence-corrected chi connectivity index (χ4v) is 6.75. The lowest BCUT2D eigenvalue weighted by molar-refractivity contribution is 0.0964. The molecule has 2 heterocycles. The first-order valence-corrected chi connectivity index (χ1v) is 17.3. The molecular weight excluding hydrogens is 642 g/mol. The Hall–Kier alpha value is -5.87. The van der Waals surface area contributed by atoms with E-state index in [1.54, 1.807) is 19.2 Å². The summed E-state index contributed by atoms with van der Waals surface area (Å²) in [6.45, 7) is 0. The molecule has 8 nitrogen and oxygen atoms in total. The monoisotopic (exact) mass is 673 g/mol. The highest BCUT2D eigenvalue weighted by Crippen LogP contribution is 2.44. The van der Waals surface area contributed by atoms with Crippen LogP contribution in [0.2, 0.25) is 0 Å². The fraction of sp³-hybridized carbons (Fsp3) is 0.103. The molecule has 0 radical (unpaired) electrons. The van der Waals surface area contributed by atoms with Gasteiger partial charge in [0.05, 0.1) is 30.3 Å². The van der Waals surface area contributed by atoms with Crippen molar-refractivity contribution in [3.8, 4) is 50.6 Å². The second-order valence-corrected chi connectivity index (χ2v) is 13.7. The van der Waals surface area contributed by atoms with Gasteiger partial charge in [-0.1, -0.05) is 48.5 Å². The summed E-state index contributed by atoms with van der Waals surface area (Å²) in [7, 11) is 0.923. The number of sulfonamides is 1. The average Bonchev–Trinajstić information content (AvgIpc) is 3.69. The molecule has 0 bridgehead atoms. The van der Waals surface area contributed by atoms with Crippen LogP contribution in [-0.2, 0) is 10.0 Å². The van der Waals surface area contributed by atoms with E-state index in [-0.39, 0.29) is 11.3 Å². The largest absolute Gasteiger partial charge is 0.497 e. The molecule has 5 aromatic carbocycles. The molecule has 0 aliphatic carbocycles. The molecule has 10 heteroatoms. The van der Waals surface area contributed by atoms with Crippen LogP contribution in [0.25, 0.3) is 66.7 Å². The molecule has 2 aromatic heterocycles. The Bertz CT molecular complexity index is 2500. The third-order valence-corrected chi connectivity index (χ3v) is 9.92. The van der Waals surface area contributed by atoms with Crippen LogP contribution < -0.4 is 14.4 Å². The van der Waals surface area contributed by atoms with Crippen LogP contribution >= 0.6 is 0 Å². The van der Waals surface area contributed by atoms with Crippen LogP contribution in [0.1, 0.15) is 10.4 Å². The van der Waals surface area contributed by atoms with Crippen molar-refractivity contribution < 1.29 is 26.8 Å². The maximum Gasteiger partial charge on any atom is 0.255 e. The minimum Gasteiger partial charge on any atom is -0.497 e. The summed E-state index contributed by atoms with van der Waals surface area (Å²) in [5, 5.41) is 4.20. The van der Waals surface area contributed by atoms with Crippen LogP contribution in [0.4, 0.5) is 10.1 Å². The minimum absolute atomic E-state index is 0.245. The van der Waals surface area contributed by atoms with Gasteiger partial charge in [0.2, 0.25) is 10.0 Å². The van der Waals surface area contributed by atoms with E-state index in [1.165, 1.54) is 42.7 Å². The molecule has 0 aliphatic rings. The molecule has 2 N–H and O–H groups in total. The number of nitrogens with zero attached hydrogens (tertiary/aromatic N) is 1. The number of aromatic nitrogens is 1. The van der Waals surface area contributed by atoms with Gasteiger partial charge in [-0.25, -0.2) is 12.8 Å². The lowest BCUT2D eigenvalue weighted by Gasteiger charge is -2.21. The number of benzene rings is 5. The van der Waals surface area contributed by atoms with Gasteiger partial charge < -0.3 is 19.5 Å². The number of para-hydroxylation sites is 1. The SMILES string of the molecule is CNC(=O)c1c(-c2ccc(F)cc2)oc2cc(N(C)S(C)(=O)=O)c(-c3cccc(-c4[nH]c5ccccc5c4-c4cccc(OC)c4)c3)cc12. The molecule has 0 spiro atoms. The summed E-state index contributed by atoms with van der Waals surface area (Å²) in [4.78, 5) is 17.0. The highest BCUT2D eigenvalue weighted by molar-refractivity contribution is 7.92. The van der Waals surface area contributed by atoms with Crippen molar-refractivity contribution in [2.45, 2.75) is 0 Å². The molecule has 7 aromatic rings. The zero-order chi connectivity index (χ0) is 34.4. The summed E-state index contributed by atoms with van der Waals surface area (Å²) in [6, 6.07) is 32.8. The number of carbonyl (C=O) groups is 1. The number of hydrogen-bond acceptors (Lipinski definition) is 5. The van der Waals surface area contributed by atoms with E-state index in [1.807, 2.05) is 66.7 Å². The summed E-state index contributed by atoms with van der Waals surface area (Å²) in [5.41, 5.74) is 7.38. The highest BCUT2D eigenvalue weighted by Gasteiger charge is 2.26. The lowest BCUT2D eigenvalue weighted by Crippen LogP contribution is -2.25. The summed E-state index contributed by atoms with van der Waals surface area (Å²) in [5.74, 6) is 0.151. The van der Waals surface area contributed by atoms with Crippen LogP contribution in [0.3, 0.4) is 0 Å². The van der Waals surface area contributed by atoms with Crippen LogP contribution in [0.15, 0.2) is 114 Å². The van der Waals surface area contributed by atoms with E-state index >= 15 is 0 Å². The van der Waals surface area contributed by atoms with Gasteiger partial charge in [0.25, 0.3) is 5.91 Å². The van der Waals surface area contributed by atoms with E-state index in [2.05, 4.69) is 16.4 Å². The Morgan fingerprint density at radius 2 is 1.55 bits per heavy atom. The number of halogens is 1. The van der Waals surface area contributed by atoms with Gasteiger partial charge in [0, 0.05) is 53.1 Å². The molecular formula is C39H32FN3O5S. The summed E-state index contributed by atoms with van der Waals surface area (Å²) >= 11 is 0. The van der Waals surface area contributed by atoms with Gasteiger partial charge in [-0.3, -0.25) is 9.10 Å². The highest BCUT2D eigenvalue weighted by atomic mass is 32.2. The quantitative estimate of drug-likeness (QED) is 0.168. The third kappa shape index (κ3) is 5.70. The molecule has 0 atom stereocenters. The number of furan rings is 1. The number of fused-ring (bicyclic) bond motifs is 2. The molecule has 0 saturated heterocycles. The standard InChI is InChI=1S/C39H32FN3O5S/c1-41-39(44)36-31-21-30(33(43(2)49(4,45)46)22-34(31)48-38(36)23-15-17-27(40)18-16-23)24-9-7-11-26(19-24)37-35(25-10-8-12-28(20-25)47-3)29-13-5-6-14-32(29)42-37/h5-22,42H,1-4H3,(H,41,44). The Labute approximate surface area is 282 Å². The molecule has 0 fully saturated rings. The number of rotatable bonds is 8. The van der Waals surface area contributed by atoms with Gasteiger partial charge >= 0.3 is 0 Å². The second kappa shape index (κ2) is 12.3. The molecule has 7 rings (SSSR count). The van der Waals surface area contributed by atoms with Crippen molar-refractivity contribution >= 4 is 43.5 Å². The molecule has 0 unspecified atom stereocenters. The number of hydrogen-bond donors (Lipinski definition) is 2.